The number of rotatable bonds is 7. The number of carbonyl (C=O) groups is 2. The van der Waals surface area contributed by atoms with Crippen LogP contribution in [0.25, 0.3) is 0 Å². The molecule has 1 aliphatic heterocycles. The molecule has 2 aromatic rings. The summed E-state index contributed by atoms with van der Waals surface area (Å²) in [6.07, 6.45) is 0.773. The summed E-state index contributed by atoms with van der Waals surface area (Å²) in [7, 11) is 1.66. The van der Waals surface area contributed by atoms with E-state index in [4.69, 9.17) is 4.74 Å². The summed E-state index contributed by atoms with van der Waals surface area (Å²) in [6.45, 7) is 3.81. The molecule has 0 unspecified atom stereocenters. The van der Waals surface area contributed by atoms with Crippen LogP contribution < -0.4 is 5.32 Å². The summed E-state index contributed by atoms with van der Waals surface area (Å²) in [5.74, 6) is -0.624. The zero-order valence-electron chi connectivity index (χ0n) is 17.3. The Hall–Kier alpha value is -2.77. The highest BCUT2D eigenvalue weighted by Crippen LogP contribution is 2.11. The number of ether oxygens (including phenoxy) is 1. The first kappa shape index (κ1) is 21.9. The Balaban J connectivity index is 1.45. The van der Waals surface area contributed by atoms with Gasteiger partial charge in [-0.3, -0.25) is 14.5 Å². The van der Waals surface area contributed by atoms with Crippen LogP contribution in [0, 0.1) is 5.82 Å². The van der Waals surface area contributed by atoms with E-state index in [0.29, 0.717) is 44.9 Å². The number of amides is 2. The lowest BCUT2D eigenvalue weighted by molar-refractivity contribution is -0.122. The number of hydrogen-bond acceptors (Lipinski definition) is 4. The van der Waals surface area contributed by atoms with Gasteiger partial charge in [0.15, 0.2) is 0 Å². The third kappa shape index (κ3) is 6.37. The molecule has 0 aromatic heterocycles. The zero-order chi connectivity index (χ0) is 21.3. The van der Waals surface area contributed by atoms with E-state index in [-0.39, 0.29) is 11.8 Å². The first-order valence-electron chi connectivity index (χ1n) is 10.2. The molecule has 160 valence electrons. The highest BCUT2D eigenvalue weighted by Gasteiger charge is 2.21. The Kier molecular flexibility index (Phi) is 7.93. The molecular weight excluding hydrogens is 385 g/mol. The second kappa shape index (κ2) is 10.8. The van der Waals surface area contributed by atoms with Crippen molar-refractivity contribution in [2.24, 2.45) is 0 Å². The Morgan fingerprint density at radius 1 is 1.03 bits per heavy atom. The van der Waals surface area contributed by atoms with Gasteiger partial charge in [-0.25, -0.2) is 4.39 Å². The second-order valence-electron chi connectivity index (χ2n) is 7.46. The van der Waals surface area contributed by atoms with Crippen LogP contribution in [0.3, 0.4) is 0 Å². The van der Waals surface area contributed by atoms with Crippen molar-refractivity contribution in [2.45, 2.75) is 19.6 Å². The fourth-order valence-electron chi connectivity index (χ4n) is 3.52. The fraction of sp³-hybridized carbons (Fsp3) is 0.391. The quantitative estimate of drug-likeness (QED) is 0.758. The van der Waals surface area contributed by atoms with Gasteiger partial charge >= 0.3 is 0 Å². The van der Waals surface area contributed by atoms with Gasteiger partial charge in [-0.1, -0.05) is 30.3 Å². The van der Waals surface area contributed by atoms with Crippen molar-refractivity contribution in [3.63, 3.8) is 0 Å². The van der Waals surface area contributed by atoms with Gasteiger partial charge in [0.05, 0.1) is 13.2 Å². The number of hydrogen-bond donors (Lipinski definition) is 1. The predicted octanol–water partition coefficient (Wildman–Crippen LogP) is 2.44. The average molecular weight is 413 g/mol. The van der Waals surface area contributed by atoms with Crippen molar-refractivity contribution >= 4 is 11.8 Å². The molecule has 6 nitrogen and oxygen atoms in total. The molecule has 3 rings (SSSR count). The largest absolute Gasteiger partial charge is 0.380 e. The van der Waals surface area contributed by atoms with Gasteiger partial charge < -0.3 is 15.0 Å². The van der Waals surface area contributed by atoms with Crippen molar-refractivity contribution < 1.29 is 18.7 Å². The van der Waals surface area contributed by atoms with Crippen LogP contribution in [0.1, 0.15) is 27.9 Å². The van der Waals surface area contributed by atoms with Gasteiger partial charge in [0.1, 0.15) is 5.82 Å². The van der Waals surface area contributed by atoms with E-state index >= 15 is 0 Å². The van der Waals surface area contributed by atoms with Crippen molar-refractivity contribution in [3.8, 4) is 0 Å². The maximum atomic E-state index is 13.4. The van der Waals surface area contributed by atoms with Crippen molar-refractivity contribution in [2.75, 3.05) is 39.8 Å². The number of halogens is 1. The highest BCUT2D eigenvalue weighted by molar-refractivity contribution is 5.94. The number of methoxy groups -OCH3 is 1. The zero-order valence-corrected chi connectivity index (χ0v) is 17.3. The average Bonchev–Trinajstić information content (AvgIpc) is 2.98. The third-order valence-corrected chi connectivity index (χ3v) is 5.14. The molecule has 1 fully saturated rings. The van der Waals surface area contributed by atoms with Crippen molar-refractivity contribution in [3.05, 3.63) is 71.0 Å². The van der Waals surface area contributed by atoms with E-state index in [0.717, 1.165) is 24.1 Å². The van der Waals surface area contributed by atoms with Crippen molar-refractivity contribution in [1.29, 1.82) is 0 Å². The molecule has 0 radical (unpaired) electrons. The summed E-state index contributed by atoms with van der Waals surface area (Å²) in [5.41, 5.74) is 2.48. The molecular formula is C23H28FN3O3. The number of nitrogens with one attached hydrogen (secondary N) is 1. The molecule has 2 amide bonds. The van der Waals surface area contributed by atoms with Crippen LogP contribution in [0.15, 0.2) is 48.5 Å². The van der Waals surface area contributed by atoms with Crippen molar-refractivity contribution in [1.82, 2.24) is 15.1 Å². The molecule has 7 heteroatoms. The lowest BCUT2D eigenvalue weighted by Crippen LogP contribution is -2.39. The number of benzene rings is 2. The summed E-state index contributed by atoms with van der Waals surface area (Å²) in [5, 5.41) is 2.95. The van der Waals surface area contributed by atoms with Gasteiger partial charge in [0.2, 0.25) is 5.91 Å². The van der Waals surface area contributed by atoms with Crippen LogP contribution in [0.2, 0.25) is 0 Å². The number of carbonyl (C=O) groups excluding carboxylic acids is 2. The Bertz CT molecular complexity index is 857. The molecule has 0 spiro atoms. The van der Waals surface area contributed by atoms with E-state index in [2.05, 4.69) is 10.2 Å². The maximum Gasteiger partial charge on any atom is 0.254 e. The first-order chi connectivity index (χ1) is 14.5. The minimum atomic E-state index is -0.415. The Labute approximate surface area is 176 Å². The highest BCUT2D eigenvalue weighted by atomic mass is 19.1. The molecule has 30 heavy (non-hydrogen) atoms. The third-order valence-electron chi connectivity index (χ3n) is 5.14. The van der Waals surface area contributed by atoms with E-state index in [1.165, 1.54) is 12.1 Å². The SMILES string of the molecule is COCc1ccc(CNC(=O)CN2CCCN(C(=O)c3cccc(F)c3)CC2)cc1. The Morgan fingerprint density at radius 3 is 2.53 bits per heavy atom. The fourth-order valence-corrected chi connectivity index (χ4v) is 3.52. The molecule has 0 bridgehead atoms. The predicted molar refractivity (Wildman–Crippen MR) is 112 cm³/mol. The van der Waals surface area contributed by atoms with Gasteiger partial charge in [0, 0.05) is 45.4 Å². The molecule has 0 saturated carbocycles. The summed E-state index contributed by atoms with van der Waals surface area (Å²) in [4.78, 5) is 28.7. The minimum absolute atomic E-state index is 0.0409. The van der Waals surface area contributed by atoms with E-state index < -0.39 is 5.82 Å². The summed E-state index contributed by atoms with van der Waals surface area (Å²) in [6, 6.07) is 13.7. The molecule has 0 aliphatic carbocycles. The molecule has 1 N–H and O–H groups in total. The second-order valence-corrected chi connectivity index (χ2v) is 7.46. The molecule has 1 saturated heterocycles. The lowest BCUT2D eigenvalue weighted by Gasteiger charge is -2.22. The lowest BCUT2D eigenvalue weighted by atomic mass is 10.1. The van der Waals surface area contributed by atoms with Gasteiger partial charge in [-0.05, 0) is 35.7 Å². The van der Waals surface area contributed by atoms with Gasteiger partial charge in [0.25, 0.3) is 5.91 Å². The summed E-state index contributed by atoms with van der Waals surface area (Å²) >= 11 is 0. The van der Waals surface area contributed by atoms with Gasteiger partial charge in [-0.2, -0.15) is 0 Å². The topological polar surface area (TPSA) is 61.9 Å². The van der Waals surface area contributed by atoms with Crippen LogP contribution in [-0.2, 0) is 22.7 Å². The van der Waals surface area contributed by atoms with E-state index in [1.54, 1.807) is 24.1 Å². The van der Waals surface area contributed by atoms with Crippen LogP contribution in [0.5, 0.6) is 0 Å². The minimum Gasteiger partial charge on any atom is -0.380 e. The monoisotopic (exact) mass is 413 g/mol. The number of nitrogens with zero attached hydrogens (tertiary/aromatic N) is 2. The first-order valence-corrected chi connectivity index (χ1v) is 10.2. The Morgan fingerprint density at radius 2 is 1.80 bits per heavy atom. The molecule has 1 heterocycles. The van der Waals surface area contributed by atoms with Gasteiger partial charge in [-0.15, -0.1) is 0 Å². The van der Waals surface area contributed by atoms with E-state index in [1.807, 2.05) is 24.3 Å². The molecule has 0 atom stereocenters. The van der Waals surface area contributed by atoms with Crippen LogP contribution >= 0.6 is 0 Å². The smallest absolute Gasteiger partial charge is 0.254 e. The molecule has 1 aliphatic rings. The molecule has 2 aromatic carbocycles. The maximum absolute atomic E-state index is 13.4. The van der Waals surface area contributed by atoms with Crippen LogP contribution in [-0.4, -0.2) is 61.4 Å². The standard InChI is InChI=1S/C23H28FN3O3/c1-30-17-19-8-6-18(7-9-19)15-25-22(28)16-26-10-3-11-27(13-12-26)23(29)20-4-2-5-21(24)14-20/h2,4-9,14H,3,10-13,15-17H2,1H3,(H,25,28). The normalized spacial score (nSPS) is 14.9. The summed E-state index contributed by atoms with van der Waals surface area (Å²) < 4.78 is 18.5. The van der Waals surface area contributed by atoms with Crippen LogP contribution in [0.4, 0.5) is 4.39 Å². The van der Waals surface area contributed by atoms with E-state index in [9.17, 15) is 14.0 Å².